The first-order valence-corrected chi connectivity index (χ1v) is 8.04. The van der Waals surface area contributed by atoms with E-state index in [0.29, 0.717) is 38.6 Å². The number of H-pyrrole nitrogens is 1. The summed E-state index contributed by atoms with van der Waals surface area (Å²) < 4.78 is 7.59. The summed E-state index contributed by atoms with van der Waals surface area (Å²) in [6.07, 6.45) is 5.89. The average molecular weight is 317 g/mol. The summed E-state index contributed by atoms with van der Waals surface area (Å²) in [5.41, 5.74) is 0.920. The van der Waals surface area contributed by atoms with Gasteiger partial charge in [-0.05, 0) is 6.07 Å². The number of imidazole rings is 1. The predicted molar refractivity (Wildman–Crippen MR) is 84.8 cm³/mol. The minimum Gasteiger partial charge on any atom is -0.377 e. The van der Waals surface area contributed by atoms with Crippen LogP contribution in [0, 0.1) is 0 Å². The molecule has 1 atom stereocenters. The van der Waals surface area contributed by atoms with Gasteiger partial charge in [-0.25, -0.2) is 4.98 Å². The molecule has 0 radical (unpaired) electrons. The number of nitrogens with zero attached hydrogens (tertiary/aromatic N) is 4. The van der Waals surface area contributed by atoms with E-state index in [-0.39, 0.29) is 11.9 Å². The van der Waals surface area contributed by atoms with Crippen LogP contribution in [0.25, 0.3) is 0 Å². The van der Waals surface area contributed by atoms with E-state index < -0.39 is 0 Å². The number of amides is 1. The van der Waals surface area contributed by atoms with Crippen molar-refractivity contribution in [3.05, 3.63) is 36.2 Å². The molecule has 1 fully saturated rings. The molecule has 1 aliphatic rings. The second-order valence-corrected chi connectivity index (χ2v) is 6.07. The van der Waals surface area contributed by atoms with Gasteiger partial charge in [-0.3, -0.25) is 9.89 Å². The quantitative estimate of drug-likeness (QED) is 0.911. The lowest BCUT2D eigenvalue weighted by atomic mass is 10.1. The lowest BCUT2D eigenvalue weighted by Gasteiger charge is -2.35. The topological polar surface area (TPSA) is 76.0 Å². The Morgan fingerprint density at radius 2 is 2.35 bits per heavy atom. The maximum atomic E-state index is 12.7. The average Bonchev–Trinajstić information content (AvgIpc) is 3.23. The third kappa shape index (κ3) is 3.44. The number of hydrogen-bond donors (Lipinski definition) is 1. The van der Waals surface area contributed by atoms with Crippen molar-refractivity contribution in [3.63, 3.8) is 0 Å². The first-order valence-electron chi connectivity index (χ1n) is 8.04. The van der Waals surface area contributed by atoms with Gasteiger partial charge in [0.1, 0.15) is 5.82 Å². The second kappa shape index (κ2) is 6.95. The number of rotatable bonds is 5. The molecular weight excluding hydrogens is 294 g/mol. The molecule has 1 aliphatic heterocycles. The van der Waals surface area contributed by atoms with Gasteiger partial charge in [-0.15, -0.1) is 0 Å². The zero-order valence-electron chi connectivity index (χ0n) is 13.6. The zero-order valence-corrected chi connectivity index (χ0v) is 13.6. The maximum Gasteiger partial charge on any atom is 0.225 e. The van der Waals surface area contributed by atoms with Crippen molar-refractivity contribution < 1.29 is 9.53 Å². The van der Waals surface area contributed by atoms with Crippen LogP contribution in [0.5, 0.6) is 0 Å². The monoisotopic (exact) mass is 317 g/mol. The summed E-state index contributed by atoms with van der Waals surface area (Å²) in [7, 11) is 0. The Kier molecular flexibility index (Phi) is 4.76. The Bertz CT molecular complexity index is 635. The fourth-order valence-corrected chi connectivity index (χ4v) is 2.98. The number of carbonyl (C=O) groups is 1. The van der Waals surface area contributed by atoms with E-state index in [4.69, 9.17) is 4.74 Å². The molecule has 1 saturated heterocycles. The van der Waals surface area contributed by atoms with Crippen LogP contribution in [-0.4, -0.2) is 50.3 Å². The van der Waals surface area contributed by atoms with E-state index >= 15 is 0 Å². The van der Waals surface area contributed by atoms with Gasteiger partial charge in [-0.1, -0.05) is 13.8 Å². The fraction of sp³-hybridized carbons (Fsp3) is 0.562. The molecule has 1 unspecified atom stereocenters. The Morgan fingerprint density at radius 3 is 3.09 bits per heavy atom. The second-order valence-electron chi connectivity index (χ2n) is 6.07. The van der Waals surface area contributed by atoms with E-state index in [9.17, 15) is 4.79 Å². The normalized spacial score (nSPS) is 18.6. The summed E-state index contributed by atoms with van der Waals surface area (Å²) >= 11 is 0. The van der Waals surface area contributed by atoms with E-state index in [1.54, 1.807) is 12.4 Å². The SMILES string of the molecule is CC(C)c1nccn1CCC(=O)N1CCOCC1c1ccn[nH]1. The van der Waals surface area contributed by atoms with E-state index in [1.807, 2.05) is 17.2 Å². The van der Waals surface area contributed by atoms with Crippen molar-refractivity contribution in [1.82, 2.24) is 24.6 Å². The van der Waals surface area contributed by atoms with Gasteiger partial charge in [-0.2, -0.15) is 5.10 Å². The molecular formula is C16H23N5O2. The van der Waals surface area contributed by atoms with Crippen molar-refractivity contribution in [1.29, 1.82) is 0 Å². The molecule has 1 amide bonds. The Balaban J connectivity index is 1.65. The van der Waals surface area contributed by atoms with Gasteiger partial charge < -0.3 is 14.2 Å². The van der Waals surface area contributed by atoms with E-state index in [0.717, 1.165) is 11.5 Å². The highest BCUT2D eigenvalue weighted by molar-refractivity contribution is 5.76. The molecule has 7 nitrogen and oxygen atoms in total. The number of morpholine rings is 1. The van der Waals surface area contributed by atoms with Crippen LogP contribution < -0.4 is 0 Å². The lowest BCUT2D eigenvalue weighted by molar-refractivity contribution is -0.140. The van der Waals surface area contributed by atoms with Gasteiger partial charge >= 0.3 is 0 Å². The summed E-state index contributed by atoms with van der Waals surface area (Å²) in [5, 5.41) is 6.92. The Morgan fingerprint density at radius 1 is 1.48 bits per heavy atom. The number of ether oxygens (including phenoxy) is 1. The van der Waals surface area contributed by atoms with Gasteiger partial charge in [0.2, 0.25) is 5.91 Å². The smallest absolute Gasteiger partial charge is 0.225 e. The molecule has 0 saturated carbocycles. The highest BCUT2D eigenvalue weighted by atomic mass is 16.5. The molecule has 7 heteroatoms. The van der Waals surface area contributed by atoms with Gasteiger partial charge in [0, 0.05) is 44.0 Å². The van der Waals surface area contributed by atoms with Crippen molar-refractivity contribution >= 4 is 5.91 Å². The largest absolute Gasteiger partial charge is 0.377 e. The van der Waals surface area contributed by atoms with Crippen molar-refractivity contribution in [2.75, 3.05) is 19.8 Å². The number of nitrogens with one attached hydrogen (secondary N) is 1. The standard InChI is InChI=1S/C16H23N5O2/c1-12(2)16-17-6-8-20(16)7-4-15(22)21-9-10-23-11-14(21)13-3-5-18-19-13/h3,5-6,8,12,14H,4,7,9-11H2,1-2H3,(H,18,19). The summed E-state index contributed by atoms with van der Waals surface area (Å²) in [6.45, 7) is 6.58. The Hall–Kier alpha value is -2.15. The summed E-state index contributed by atoms with van der Waals surface area (Å²) in [4.78, 5) is 18.9. The lowest BCUT2D eigenvalue weighted by Crippen LogP contribution is -2.43. The first kappa shape index (κ1) is 15.7. The third-order valence-corrected chi connectivity index (χ3v) is 4.16. The van der Waals surface area contributed by atoms with Gasteiger partial charge in [0.25, 0.3) is 0 Å². The van der Waals surface area contributed by atoms with Crippen LogP contribution in [0.4, 0.5) is 0 Å². The number of carbonyl (C=O) groups excluding carboxylic acids is 1. The van der Waals surface area contributed by atoms with Crippen molar-refractivity contribution in [3.8, 4) is 0 Å². The van der Waals surface area contributed by atoms with Crippen LogP contribution in [0.15, 0.2) is 24.7 Å². The molecule has 0 spiro atoms. The number of aromatic amines is 1. The molecule has 3 rings (SSSR count). The van der Waals surface area contributed by atoms with E-state index in [1.165, 1.54) is 0 Å². The molecule has 0 aliphatic carbocycles. The summed E-state index contributed by atoms with van der Waals surface area (Å²) in [5.74, 6) is 1.50. The summed E-state index contributed by atoms with van der Waals surface area (Å²) in [6, 6.07) is 1.82. The van der Waals surface area contributed by atoms with Crippen LogP contribution >= 0.6 is 0 Å². The molecule has 2 aromatic rings. The highest BCUT2D eigenvalue weighted by Gasteiger charge is 2.29. The number of aromatic nitrogens is 4. The molecule has 124 valence electrons. The van der Waals surface area contributed by atoms with Gasteiger partial charge in [0.05, 0.1) is 24.9 Å². The van der Waals surface area contributed by atoms with Crippen LogP contribution in [0.1, 0.15) is 43.7 Å². The Labute approximate surface area is 135 Å². The number of hydrogen-bond acceptors (Lipinski definition) is 4. The molecule has 1 N–H and O–H groups in total. The van der Waals surface area contributed by atoms with Crippen LogP contribution in [0.2, 0.25) is 0 Å². The van der Waals surface area contributed by atoms with Crippen molar-refractivity contribution in [2.24, 2.45) is 0 Å². The fourth-order valence-electron chi connectivity index (χ4n) is 2.98. The van der Waals surface area contributed by atoms with Crippen molar-refractivity contribution in [2.45, 2.75) is 38.8 Å². The van der Waals surface area contributed by atoms with E-state index in [2.05, 4.69) is 33.6 Å². The van der Waals surface area contributed by atoms with Crippen LogP contribution in [0.3, 0.4) is 0 Å². The third-order valence-electron chi connectivity index (χ3n) is 4.16. The number of aryl methyl sites for hydroxylation is 1. The maximum absolute atomic E-state index is 12.7. The molecule has 0 aromatic carbocycles. The minimum absolute atomic E-state index is 0.0777. The molecule has 23 heavy (non-hydrogen) atoms. The van der Waals surface area contributed by atoms with Crippen LogP contribution in [-0.2, 0) is 16.1 Å². The first-order chi connectivity index (χ1) is 11.2. The highest BCUT2D eigenvalue weighted by Crippen LogP contribution is 2.23. The van der Waals surface area contributed by atoms with Gasteiger partial charge in [0.15, 0.2) is 0 Å². The zero-order chi connectivity index (χ0) is 16.2. The molecule has 2 aromatic heterocycles. The molecule has 3 heterocycles. The minimum atomic E-state index is -0.0777. The predicted octanol–water partition coefficient (Wildman–Crippen LogP) is 1.72. The molecule has 0 bridgehead atoms.